The number of aliphatic hydroxyl groups excluding tert-OH is 1. The summed E-state index contributed by atoms with van der Waals surface area (Å²) in [7, 11) is 0. The Morgan fingerprint density at radius 2 is 2.06 bits per heavy atom. The molecule has 1 aliphatic carbocycles. The van der Waals surface area contributed by atoms with Crippen LogP contribution >= 0.6 is 11.8 Å². The van der Waals surface area contributed by atoms with Gasteiger partial charge in [-0.25, -0.2) is 0 Å². The van der Waals surface area contributed by atoms with E-state index >= 15 is 0 Å². The SMILES string of the molecule is OC1CNCC1Sc1ccc2c(c1)CCC2. The lowest BCUT2D eigenvalue weighted by Gasteiger charge is -2.13. The van der Waals surface area contributed by atoms with Gasteiger partial charge >= 0.3 is 0 Å². The molecule has 1 fully saturated rings. The van der Waals surface area contributed by atoms with Crippen molar-refractivity contribution in [2.45, 2.75) is 35.5 Å². The van der Waals surface area contributed by atoms with Gasteiger partial charge in [-0.15, -0.1) is 11.8 Å². The lowest BCUT2D eigenvalue weighted by Crippen LogP contribution is -2.19. The van der Waals surface area contributed by atoms with Crippen LogP contribution in [-0.2, 0) is 12.8 Å². The lowest BCUT2D eigenvalue weighted by atomic mass is 10.1. The lowest BCUT2D eigenvalue weighted by molar-refractivity contribution is 0.201. The van der Waals surface area contributed by atoms with Gasteiger partial charge in [-0.1, -0.05) is 6.07 Å². The van der Waals surface area contributed by atoms with Crippen molar-refractivity contribution in [3.63, 3.8) is 0 Å². The molecule has 0 radical (unpaired) electrons. The first-order valence-electron chi connectivity index (χ1n) is 6.00. The van der Waals surface area contributed by atoms with Gasteiger partial charge in [-0.3, -0.25) is 0 Å². The molecule has 2 nitrogen and oxygen atoms in total. The van der Waals surface area contributed by atoms with Crippen LogP contribution in [0.4, 0.5) is 0 Å². The topological polar surface area (TPSA) is 32.3 Å². The second kappa shape index (κ2) is 4.40. The summed E-state index contributed by atoms with van der Waals surface area (Å²) in [6.45, 7) is 1.66. The number of benzene rings is 1. The maximum atomic E-state index is 9.76. The third-order valence-corrected chi connectivity index (χ3v) is 4.80. The molecule has 0 amide bonds. The van der Waals surface area contributed by atoms with Crippen molar-refractivity contribution in [3.05, 3.63) is 29.3 Å². The second-order valence-corrected chi connectivity index (χ2v) is 5.98. The van der Waals surface area contributed by atoms with Crippen LogP contribution in [0, 0.1) is 0 Å². The molecule has 1 heterocycles. The number of thioether (sulfide) groups is 1. The molecule has 1 aromatic carbocycles. The molecule has 1 saturated heterocycles. The smallest absolute Gasteiger partial charge is 0.0798 e. The minimum atomic E-state index is -0.196. The molecule has 2 aliphatic rings. The van der Waals surface area contributed by atoms with E-state index in [-0.39, 0.29) is 6.10 Å². The molecule has 2 N–H and O–H groups in total. The second-order valence-electron chi connectivity index (χ2n) is 4.67. The summed E-state index contributed by atoms with van der Waals surface area (Å²) in [5.74, 6) is 0. The maximum absolute atomic E-state index is 9.76. The first-order valence-corrected chi connectivity index (χ1v) is 6.88. The van der Waals surface area contributed by atoms with E-state index in [2.05, 4.69) is 23.5 Å². The highest BCUT2D eigenvalue weighted by Crippen LogP contribution is 2.31. The van der Waals surface area contributed by atoms with Crippen LogP contribution in [0.15, 0.2) is 23.1 Å². The van der Waals surface area contributed by atoms with Crippen LogP contribution in [0.2, 0.25) is 0 Å². The highest BCUT2D eigenvalue weighted by atomic mass is 32.2. The van der Waals surface area contributed by atoms with Crippen LogP contribution in [0.1, 0.15) is 17.5 Å². The van der Waals surface area contributed by atoms with Gasteiger partial charge in [0.15, 0.2) is 0 Å². The number of rotatable bonds is 2. The van der Waals surface area contributed by atoms with Crippen LogP contribution in [0.5, 0.6) is 0 Å². The zero-order valence-corrected chi connectivity index (χ0v) is 10.1. The van der Waals surface area contributed by atoms with E-state index in [0.29, 0.717) is 5.25 Å². The largest absolute Gasteiger partial charge is 0.391 e. The Morgan fingerprint density at radius 3 is 2.88 bits per heavy atom. The Kier molecular flexibility index (Phi) is 2.92. The van der Waals surface area contributed by atoms with Gasteiger partial charge in [0.05, 0.1) is 6.10 Å². The summed E-state index contributed by atoms with van der Waals surface area (Å²) >= 11 is 1.81. The highest BCUT2D eigenvalue weighted by molar-refractivity contribution is 8.00. The number of hydrogen-bond acceptors (Lipinski definition) is 3. The van der Waals surface area contributed by atoms with E-state index in [9.17, 15) is 5.11 Å². The Labute approximate surface area is 100 Å². The molecule has 0 bridgehead atoms. The van der Waals surface area contributed by atoms with Crippen molar-refractivity contribution in [2.75, 3.05) is 13.1 Å². The summed E-state index contributed by atoms with van der Waals surface area (Å²) in [6.07, 6.45) is 3.58. The van der Waals surface area contributed by atoms with Gasteiger partial charge in [0.25, 0.3) is 0 Å². The van der Waals surface area contributed by atoms with Gasteiger partial charge in [0.2, 0.25) is 0 Å². The summed E-state index contributed by atoms with van der Waals surface area (Å²) in [6, 6.07) is 6.79. The van der Waals surface area contributed by atoms with Crippen molar-refractivity contribution in [3.8, 4) is 0 Å². The minimum absolute atomic E-state index is 0.196. The van der Waals surface area contributed by atoms with Crippen LogP contribution in [0.25, 0.3) is 0 Å². The summed E-state index contributed by atoms with van der Waals surface area (Å²) in [5, 5.41) is 13.3. The molecular formula is C13H17NOS. The normalized spacial score (nSPS) is 28.3. The van der Waals surface area contributed by atoms with Crippen molar-refractivity contribution in [1.82, 2.24) is 5.32 Å². The van der Waals surface area contributed by atoms with E-state index in [1.54, 1.807) is 0 Å². The maximum Gasteiger partial charge on any atom is 0.0798 e. The van der Waals surface area contributed by atoms with Crippen molar-refractivity contribution >= 4 is 11.8 Å². The number of hydrogen-bond donors (Lipinski definition) is 2. The fraction of sp³-hybridized carbons (Fsp3) is 0.538. The molecule has 0 aromatic heterocycles. The van der Waals surface area contributed by atoms with Crippen molar-refractivity contribution < 1.29 is 5.11 Å². The molecule has 2 unspecified atom stereocenters. The minimum Gasteiger partial charge on any atom is -0.391 e. The first-order chi connectivity index (χ1) is 7.83. The number of fused-ring (bicyclic) bond motifs is 1. The van der Waals surface area contributed by atoms with Crippen molar-refractivity contribution in [2.24, 2.45) is 0 Å². The van der Waals surface area contributed by atoms with E-state index in [4.69, 9.17) is 0 Å². The molecule has 3 rings (SSSR count). The molecule has 0 spiro atoms. The summed E-state index contributed by atoms with van der Waals surface area (Å²) in [4.78, 5) is 1.31. The Hall–Kier alpha value is -0.510. The van der Waals surface area contributed by atoms with E-state index in [1.807, 2.05) is 11.8 Å². The van der Waals surface area contributed by atoms with E-state index < -0.39 is 0 Å². The molecule has 1 aromatic rings. The van der Waals surface area contributed by atoms with Gasteiger partial charge in [-0.05, 0) is 42.5 Å². The van der Waals surface area contributed by atoms with Gasteiger partial charge in [-0.2, -0.15) is 0 Å². The zero-order valence-electron chi connectivity index (χ0n) is 9.28. The molecule has 0 saturated carbocycles. The highest BCUT2D eigenvalue weighted by Gasteiger charge is 2.26. The van der Waals surface area contributed by atoms with Gasteiger partial charge < -0.3 is 10.4 Å². The Morgan fingerprint density at radius 1 is 1.19 bits per heavy atom. The molecular weight excluding hydrogens is 218 g/mol. The Bertz CT molecular complexity index is 394. The van der Waals surface area contributed by atoms with Crippen LogP contribution in [-0.4, -0.2) is 29.5 Å². The molecule has 16 heavy (non-hydrogen) atoms. The van der Waals surface area contributed by atoms with Gasteiger partial charge in [0.1, 0.15) is 0 Å². The predicted molar refractivity (Wildman–Crippen MR) is 67.0 cm³/mol. The number of aryl methyl sites for hydroxylation is 2. The van der Waals surface area contributed by atoms with Gasteiger partial charge in [0, 0.05) is 23.2 Å². The summed E-state index contributed by atoms with van der Waals surface area (Å²) < 4.78 is 0. The number of β-amino-alcohol motifs (C(OH)–C–C–N with tert-alkyl or cyclic N) is 1. The fourth-order valence-corrected chi connectivity index (χ4v) is 3.72. The molecule has 86 valence electrons. The van der Waals surface area contributed by atoms with E-state index in [1.165, 1.54) is 35.3 Å². The average molecular weight is 235 g/mol. The third-order valence-electron chi connectivity index (χ3n) is 3.49. The third kappa shape index (κ3) is 1.99. The zero-order chi connectivity index (χ0) is 11.0. The average Bonchev–Trinajstić information content (AvgIpc) is 2.88. The van der Waals surface area contributed by atoms with Crippen LogP contribution < -0.4 is 5.32 Å². The quantitative estimate of drug-likeness (QED) is 0.816. The molecule has 1 aliphatic heterocycles. The monoisotopic (exact) mass is 235 g/mol. The first kappa shape index (κ1) is 10.6. The summed E-state index contributed by atoms with van der Waals surface area (Å²) in [5.41, 5.74) is 3.04. The Balaban J connectivity index is 1.75. The van der Waals surface area contributed by atoms with Crippen LogP contribution in [0.3, 0.4) is 0 Å². The predicted octanol–water partition coefficient (Wildman–Crippen LogP) is 1.60. The van der Waals surface area contributed by atoms with Crippen molar-refractivity contribution in [1.29, 1.82) is 0 Å². The molecule has 2 atom stereocenters. The van der Waals surface area contributed by atoms with E-state index in [0.717, 1.165) is 13.1 Å². The number of nitrogens with one attached hydrogen (secondary N) is 1. The standard InChI is InChI=1S/C13H17NOS/c15-12-7-14-8-13(12)16-11-5-4-9-2-1-3-10(9)6-11/h4-6,12-15H,1-3,7-8H2. The number of aliphatic hydroxyl groups is 1. The fourth-order valence-electron chi connectivity index (χ4n) is 2.56. The molecule has 3 heteroatoms.